The third kappa shape index (κ3) is 14.4. The fourth-order valence-corrected chi connectivity index (χ4v) is 5.81. The van der Waals surface area contributed by atoms with Crippen molar-refractivity contribution in [2.75, 3.05) is 19.7 Å². The lowest BCUT2D eigenvalue weighted by Crippen LogP contribution is -2.41. The summed E-state index contributed by atoms with van der Waals surface area (Å²) in [5.41, 5.74) is 0.433. The van der Waals surface area contributed by atoms with Gasteiger partial charge < -0.3 is 19.1 Å². The first-order valence-electron chi connectivity index (χ1n) is 18.0. The minimum absolute atomic E-state index is 0.198. The molecule has 1 amide bonds. The van der Waals surface area contributed by atoms with Crippen LogP contribution in [0.15, 0.2) is 48.5 Å². The predicted molar refractivity (Wildman–Crippen MR) is 183 cm³/mol. The number of unbranched alkanes of at least 4 members (excludes halogenated alkanes) is 13. The number of hydrogen-bond acceptors (Lipinski definition) is 6. The third-order valence-electron chi connectivity index (χ3n) is 8.78. The van der Waals surface area contributed by atoms with E-state index < -0.39 is 5.97 Å². The van der Waals surface area contributed by atoms with Gasteiger partial charge in [-0.1, -0.05) is 97.3 Å². The number of amides is 1. The SMILES string of the molecule is CCCCCCCCCCOc1ccc(C(=O)Oc2ccc(OC(=O)C3CCN(C(=O)CCCCCCCCC)CC3)cc2)cc1. The van der Waals surface area contributed by atoms with Gasteiger partial charge in [-0.2, -0.15) is 0 Å². The summed E-state index contributed by atoms with van der Waals surface area (Å²) in [5, 5.41) is 0. The smallest absolute Gasteiger partial charge is 0.343 e. The van der Waals surface area contributed by atoms with Gasteiger partial charge in [0, 0.05) is 19.5 Å². The van der Waals surface area contributed by atoms with Gasteiger partial charge in [0.25, 0.3) is 0 Å². The van der Waals surface area contributed by atoms with Gasteiger partial charge in [0.2, 0.25) is 5.91 Å². The van der Waals surface area contributed by atoms with E-state index in [-0.39, 0.29) is 17.8 Å². The van der Waals surface area contributed by atoms with Crippen LogP contribution < -0.4 is 14.2 Å². The Labute approximate surface area is 277 Å². The number of hydrogen-bond donors (Lipinski definition) is 0. The van der Waals surface area contributed by atoms with Gasteiger partial charge >= 0.3 is 11.9 Å². The Bertz CT molecular complexity index is 1140. The van der Waals surface area contributed by atoms with Crippen molar-refractivity contribution in [2.24, 2.45) is 5.92 Å². The molecule has 1 aliphatic heterocycles. The number of nitrogens with zero attached hydrogens (tertiary/aromatic N) is 1. The molecule has 0 aliphatic carbocycles. The van der Waals surface area contributed by atoms with E-state index in [1.165, 1.54) is 77.0 Å². The lowest BCUT2D eigenvalue weighted by Gasteiger charge is -2.31. The quantitative estimate of drug-likeness (QED) is 0.0728. The first kappa shape index (κ1) is 37.1. The molecule has 1 heterocycles. The van der Waals surface area contributed by atoms with Crippen LogP contribution in [0.3, 0.4) is 0 Å². The molecule has 1 fully saturated rings. The Kier molecular flexibility index (Phi) is 17.9. The highest BCUT2D eigenvalue weighted by atomic mass is 16.5. The van der Waals surface area contributed by atoms with Crippen molar-refractivity contribution in [3.05, 3.63) is 54.1 Å². The van der Waals surface area contributed by atoms with Crippen LogP contribution in [-0.4, -0.2) is 42.4 Å². The average molecular weight is 636 g/mol. The van der Waals surface area contributed by atoms with Crippen molar-refractivity contribution in [3.8, 4) is 17.2 Å². The van der Waals surface area contributed by atoms with Crippen molar-refractivity contribution in [1.29, 1.82) is 0 Å². The predicted octanol–water partition coefficient (Wildman–Crippen LogP) is 9.71. The highest BCUT2D eigenvalue weighted by molar-refractivity contribution is 5.91. The van der Waals surface area contributed by atoms with Crippen LogP contribution in [0.4, 0.5) is 0 Å². The molecule has 3 rings (SSSR count). The van der Waals surface area contributed by atoms with Gasteiger partial charge in [-0.15, -0.1) is 0 Å². The van der Waals surface area contributed by atoms with E-state index >= 15 is 0 Å². The van der Waals surface area contributed by atoms with Crippen molar-refractivity contribution in [2.45, 2.75) is 129 Å². The topological polar surface area (TPSA) is 82.1 Å². The molecule has 0 spiro atoms. The zero-order valence-corrected chi connectivity index (χ0v) is 28.4. The zero-order chi connectivity index (χ0) is 32.8. The van der Waals surface area contributed by atoms with E-state index in [0.717, 1.165) is 25.0 Å². The summed E-state index contributed by atoms with van der Waals surface area (Å²) in [7, 11) is 0. The number of likely N-dealkylation sites (tertiary alicyclic amines) is 1. The Morgan fingerprint density at radius 1 is 0.609 bits per heavy atom. The van der Waals surface area contributed by atoms with E-state index in [1.807, 2.05) is 4.90 Å². The Balaban J connectivity index is 1.30. The molecule has 2 aromatic rings. The van der Waals surface area contributed by atoms with Crippen molar-refractivity contribution < 1.29 is 28.6 Å². The van der Waals surface area contributed by atoms with Crippen LogP contribution in [0.25, 0.3) is 0 Å². The fraction of sp³-hybridized carbons (Fsp3) is 0.615. The van der Waals surface area contributed by atoms with Crippen LogP contribution in [0.5, 0.6) is 17.2 Å². The van der Waals surface area contributed by atoms with Gasteiger partial charge in [-0.05, 0) is 74.2 Å². The minimum atomic E-state index is -0.465. The summed E-state index contributed by atoms with van der Waals surface area (Å²) in [5.74, 6) is 0.733. The second-order valence-electron chi connectivity index (χ2n) is 12.7. The molecule has 254 valence electrons. The van der Waals surface area contributed by atoms with Crippen LogP contribution in [0.2, 0.25) is 0 Å². The largest absolute Gasteiger partial charge is 0.494 e. The van der Waals surface area contributed by atoms with Gasteiger partial charge in [0.1, 0.15) is 17.2 Å². The van der Waals surface area contributed by atoms with Crippen LogP contribution in [0, 0.1) is 5.92 Å². The van der Waals surface area contributed by atoms with E-state index in [9.17, 15) is 14.4 Å². The second-order valence-corrected chi connectivity index (χ2v) is 12.7. The number of benzene rings is 2. The Morgan fingerprint density at radius 2 is 1.09 bits per heavy atom. The maximum atomic E-state index is 12.8. The first-order chi connectivity index (χ1) is 22.5. The number of carbonyl (C=O) groups is 3. The van der Waals surface area contributed by atoms with Gasteiger partial charge in [-0.3, -0.25) is 9.59 Å². The number of ether oxygens (including phenoxy) is 3. The third-order valence-corrected chi connectivity index (χ3v) is 8.78. The molecule has 0 N–H and O–H groups in total. The molecular formula is C39H57NO6. The van der Waals surface area contributed by atoms with Crippen LogP contribution in [-0.2, 0) is 9.59 Å². The van der Waals surface area contributed by atoms with E-state index in [4.69, 9.17) is 14.2 Å². The standard InChI is InChI=1S/C39H57NO6/c1-3-5-7-9-11-13-15-17-31-44-34-21-19-32(20-22-34)38(42)45-35-23-25-36(26-24-35)46-39(43)33-27-29-40(30-28-33)37(41)18-16-14-12-10-8-6-4-2/h19-26,33H,3-18,27-31H2,1-2H3. The molecule has 0 unspecified atom stereocenters. The van der Waals surface area contributed by atoms with Gasteiger partial charge in [-0.25, -0.2) is 4.79 Å². The highest BCUT2D eigenvalue weighted by Crippen LogP contribution is 2.24. The molecule has 1 aliphatic rings. The molecule has 0 atom stereocenters. The summed E-state index contributed by atoms with van der Waals surface area (Å²) in [6.45, 7) is 6.32. The number of esters is 2. The van der Waals surface area contributed by atoms with Gasteiger partial charge in [0.15, 0.2) is 0 Å². The second kappa shape index (κ2) is 22.2. The molecule has 1 saturated heterocycles. The average Bonchev–Trinajstić information content (AvgIpc) is 3.08. The monoisotopic (exact) mass is 635 g/mol. The maximum absolute atomic E-state index is 12.8. The summed E-state index contributed by atoms with van der Waals surface area (Å²) in [4.78, 5) is 39.9. The molecule has 0 aromatic heterocycles. The minimum Gasteiger partial charge on any atom is -0.494 e. The molecular weight excluding hydrogens is 578 g/mol. The molecule has 46 heavy (non-hydrogen) atoms. The number of carbonyl (C=O) groups excluding carboxylic acids is 3. The van der Waals surface area contributed by atoms with Crippen molar-refractivity contribution in [3.63, 3.8) is 0 Å². The van der Waals surface area contributed by atoms with Crippen LogP contribution >= 0.6 is 0 Å². The lowest BCUT2D eigenvalue weighted by atomic mass is 9.96. The molecule has 0 radical (unpaired) electrons. The normalized spacial score (nSPS) is 13.4. The van der Waals surface area contributed by atoms with E-state index in [0.29, 0.717) is 56.0 Å². The maximum Gasteiger partial charge on any atom is 0.343 e. The number of piperidine rings is 1. The van der Waals surface area contributed by atoms with Crippen molar-refractivity contribution >= 4 is 17.8 Å². The highest BCUT2D eigenvalue weighted by Gasteiger charge is 2.28. The number of rotatable bonds is 22. The summed E-state index contributed by atoms with van der Waals surface area (Å²) in [6, 6.07) is 13.5. The molecule has 2 aromatic carbocycles. The van der Waals surface area contributed by atoms with Crippen molar-refractivity contribution in [1.82, 2.24) is 4.90 Å². The summed E-state index contributed by atoms with van der Waals surface area (Å²) in [6.07, 6.45) is 20.2. The van der Waals surface area contributed by atoms with E-state index in [2.05, 4.69) is 13.8 Å². The summed E-state index contributed by atoms with van der Waals surface area (Å²) >= 11 is 0. The molecule has 7 nitrogen and oxygen atoms in total. The zero-order valence-electron chi connectivity index (χ0n) is 28.4. The Hall–Kier alpha value is -3.35. The van der Waals surface area contributed by atoms with E-state index in [1.54, 1.807) is 48.5 Å². The fourth-order valence-electron chi connectivity index (χ4n) is 5.81. The Morgan fingerprint density at radius 3 is 1.65 bits per heavy atom. The van der Waals surface area contributed by atoms with Gasteiger partial charge in [0.05, 0.1) is 18.1 Å². The molecule has 7 heteroatoms. The lowest BCUT2D eigenvalue weighted by molar-refractivity contribution is -0.143. The first-order valence-corrected chi connectivity index (χ1v) is 18.0. The summed E-state index contributed by atoms with van der Waals surface area (Å²) < 4.78 is 16.9. The molecule has 0 bridgehead atoms. The van der Waals surface area contributed by atoms with Crippen LogP contribution in [0.1, 0.15) is 140 Å². The molecule has 0 saturated carbocycles.